The van der Waals surface area contributed by atoms with Gasteiger partial charge in [0.1, 0.15) is 0 Å². The third-order valence-corrected chi connectivity index (χ3v) is 3.97. The van der Waals surface area contributed by atoms with Crippen LogP contribution in [0.15, 0.2) is 0 Å². The first kappa shape index (κ1) is 14.7. The largest absolute Gasteiger partial charge is 0.393 e. The van der Waals surface area contributed by atoms with E-state index in [4.69, 9.17) is 5.73 Å². The number of nitrogens with two attached hydrogens (primary N) is 1. The van der Waals surface area contributed by atoms with Crippen LogP contribution >= 0.6 is 12.4 Å². The monoisotopic (exact) mass is 262 g/mol. The van der Waals surface area contributed by atoms with E-state index in [1.165, 1.54) is 0 Å². The second-order valence-corrected chi connectivity index (χ2v) is 5.53. The molecule has 3 unspecified atom stereocenters. The smallest absolute Gasteiger partial charge is 0.240 e. The van der Waals surface area contributed by atoms with Crippen molar-refractivity contribution < 1.29 is 9.90 Å². The Labute approximate surface area is 109 Å². The van der Waals surface area contributed by atoms with Crippen LogP contribution in [-0.2, 0) is 4.79 Å². The summed E-state index contributed by atoms with van der Waals surface area (Å²) in [6, 6.07) is 0.0652. The van der Waals surface area contributed by atoms with Gasteiger partial charge in [0.05, 0.1) is 12.1 Å². The highest BCUT2D eigenvalue weighted by atomic mass is 35.5. The summed E-state index contributed by atoms with van der Waals surface area (Å²) in [4.78, 5) is 14.2. The van der Waals surface area contributed by atoms with Gasteiger partial charge in [-0.05, 0) is 31.6 Å². The van der Waals surface area contributed by atoms with Crippen molar-refractivity contribution in [2.75, 3.05) is 0 Å². The highest BCUT2D eigenvalue weighted by Gasteiger charge is 2.44. The van der Waals surface area contributed by atoms with Crippen molar-refractivity contribution in [3.63, 3.8) is 0 Å². The SMILES string of the molecule is CC(C)C(N)C(=O)N1C2CCC1CC(O)C2.Cl. The van der Waals surface area contributed by atoms with Gasteiger partial charge >= 0.3 is 0 Å². The highest BCUT2D eigenvalue weighted by molar-refractivity contribution is 5.85. The summed E-state index contributed by atoms with van der Waals surface area (Å²) in [6.07, 6.45) is 3.29. The molecule has 17 heavy (non-hydrogen) atoms. The minimum absolute atomic E-state index is 0. The predicted molar refractivity (Wildman–Crippen MR) is 69.0 cm³/mol. The first-order valence-corrected chi connectivity index (χ1v) is 6.26. The Morgan fingerprint density at radius 1 is 1.29 bits per heavy atom. The number of rotatable bonds is 2. The number of nitrogens with zero attached hydrogens (tertiary/aromatic N) is 1. The Balaban J connectivity index is 0.00000144. The summed E-state index contributed by atoms with van der Waals surface area (Å²) in [7, 11) is 0. The molecule has 100 valence electrons. The number of hydrogen-bond acceptors (Lipinski definition) is 3. The quantitative estimate of drug-likeness (QED) is 0.777. The Hall–Kier alpha value is -0.320. The van der Waals surface area contributed by atoms with E-state index in [9.17, 15) is 9.90 Å². The first-order chi connectivity index (χ1) is 7.50. The predicted octanol–water partition coefficient (Wildman–Crippen LogP) is 0.906. The van der Waals surface area contributed by atoms with Crippen LogP contribution < -0.4 is 5.73 Å². The fourth-order valence-electron chi connectivity index (χ4n) is 2.97. The Morgan fingerprint density at radius 3 is 2.18 bits per heavy atom. The molecule has 2 aliphatic heterocycles. The van der Waals surface area contributed by atoms with Gasteiger partial charge in [0.15, 0.2) is 0 Å². The van der Waals surface area contributed by atoms with Crippen molar-refractivity contribution in [3.05, 3.63) is 0 Å². The molecule has 2 rings (SSSR count). The molecule has 0 radical (unpaired) electrons. The van der Waals surface area contributed by atoms with Crippen LogP contribution in [0.2, 0.25) is 0 Å². The van der Waals surface area contributed by atoms with E-state index in [2.05, 4.69) is 0 Å². The fraction of sp³-hybridized carbons (Fsp3) is 0.917. The zero-order valence-corrected chi connectivity index (χ0v) is 11.3. The van der Waals surface area contributed by atoms with Crippen LogP contribution in [0.5, 0.6) is 0 Å². The number of hydrogen-bond donors (Lipinski definition) is 2. The number of amides is 1. The van der Waals surface area contributed by atoms with Crippen LogP contribution in [-0.4, -0.2) is 40.1 Å². The van der Waals surface area contributed by atoms with Crippen molar-refractivity contribution in [3.8, 4) is 0 Å². The molecule has 0 aromatic rings. The number of piperidine rings is 1. The van der Waals surface area contributed by atoms with Crippen molar-refractivity contribution in [2.24, 2.45) is 11.7 Å². The zero-order chi connectivity index (χ0) is 11.9. The molecule has 1 amide bonds. The van der Waals surface area contributed by atoms with E-state index in [-0.39, 0.29) is 42.4 Å². The van der Waals surface area contributed by atoms with Crippen LogP contribution in [0.1, 0.15) is 39.5 Å². The second kappa shape index (κ2) is 5.55. The number of halogens is 1. The number of carbonyl (C=O) groups excluding carboxylic acids is 1. The molecule has 0 spiro atoms. The Bertz CT molecular complexity index is 272. The first-order valence-electron chi connectivity index (χ1n) is 6.26. The van der Waals surface area contributed by atoms with E-state index in [1.807, 2.05) is 18.7 Å². The molecule has 3 atom stereocenters. The molecule has 4 nitrogen and oxygen atoms in total. The van der Waals surface area contributed by atoms with Gasteiger partial charge in [-0.3, -0.25) is 4.79 Å². The van der Waals surface area contributed by atoms with Crippen LogP contribution in [0.3, 0.4) is 0 Å². The summed E-state index contributed by atoms with van der Waals surface area (Å²) in [5.41, 5.74) is 5.92. The molecule has 2 bridgehead atoms. The van der Waals surface area contributed by atoms with Gasteiger partial charge < -0.3 is 15.7 Å². The minimum atomic E-state index is -0.390. The van der Waals surface area contributed by atoms with Gasteiger partial charge in [-0.2, -0.15) is 0 Å². The maximum absolute atomic E-state index is 12.2. The topological polar surface area (TPSA) is 66.6 Å². The van der Waals surface area contributed by atoms with Crippen molar-refractivity contribution >= 4 is 18.3 Å². The highest BCUT2D eigenvalue weighted by Crippen LogP contribution is 2.36. The van der Waals surface area contributed by atoms with Crippen molar-refractivity contribution in [1.29, 1.82) is 0 Å². The molecule has 2 aliphatic rings. The van der Waals surface area contributed by atoms with Crippen LogP contribution in [0, 0.1) is 5.92 Å². The molecular formula is C12H23ClN2O2. The van der Waals surface area contributed by atoms with E-state index in [0.29, 0.717) is 0 Å². The maximum Gasteiger partial charge on any atom is 0.240 e. The molecule has 0 aromatic heterocycles. The summed E-state index contributed by atoms with van der Waals surface area (Å²) in [6.45, 7) is 3.95. The molecule has 0 saturated carbocycles. The average Bonchev–Trinajstić information content (AvgIpc) is 2.49. The summed E-state index contributed by atoms with van der Waals surface area (Å²) >= 11 is 0. The minimum Gasteiger partial charge on any atom is -0.393 e. The van der Waals surface area contributed by atoms with E-state index >= 15 is 0 Å². The van der Waals surface area contributed by atoms with E-state index in [0.717, 1.165) is 25.7 Å². The summed E-state index contributed by atoms with van der Waals surface area (Å²) < 4.78 is 0. The summed E-state index contributed by atoms with van der Waals surface area (Å²) in [5, 5.41) is 9.67. The van der Waals surface area contributed by atoms with Gasteiger partial charge in [-0.25, -0.2) is 0 Å². The Morgan fingerprint density at radius 2 is 1.76 bits per heavy atom. The molecule has 2 saturated heterocycles. The average molecular weight is 263 g/mol. The second-order valence-electron chi connectivity index (χ2n) is 5.53. The third-order valence-electron chi connectivity index (χ3n) is 3.97. The molecule has 5 heteroatoms. The standard InChI is InChI=1S/C12H22N2O2.ClH/c1-7(2)11(13)12(16)14-8-3-4-9(14)6-10(15)5-8;/h7-11,15H,3-6,13H2,1-2H3;1H. The third kappa shape index (κ3) is 2.75. The molecule has 3 N–H and O–H groups in total. The van der Waals surface area contributed by atoms with Gasteiger partial charge in [0.2, 0.25) is 5.91 Å². The lowest BCUT2D eigenvalue weighted by Gasteiger charge is -2.39. The Kier molecular flexibility index (Phi) is 4.81. The zero-order valence-electron chi connectivity index (χ0n) is 10.5. The van der Waals surface area contributed by atoms with Gasteiger partial charge in [-0.15, -0.1) is 12.4 Å². The number of aliphatic hydroxyl groups excluding tert-OH is 1. The van der Waals surface area contributed by atoms with Crippen molar-refractivity contribution in [2.45, 2.75) is 63.8 Å². The molecule has 2 fully saturated rings. The fourth-order valence-corrected chi connectivity index (χ4v) is 2.97. The van der Waals surface area contributed by atoms with Crippen LogP contribution in [0.25, 0.3) is 0 Å². The van der Waals surface area contributed by atoms with E-state index < -0.39 is 6.04 Å². The van der Waals surface area contributed by atoms with E-state index in [1.54, 1.807) is 0 Å². The maximum atomic E-state index is 12.2. The lowest BCUT2D eigenvalue weighted by Crippen LogP contribution is -2.54. The lowest BCUT2D eigenvalue weighted by atomic mass is 9.96. The summed E-state index contributed by atoms with van der Waals surface area (Å²) in [5.74, 6) is 0.258. The number of carbonyl (C=O) groups is 1. The van der Waals surface area contributed by atoms with Gasteiger partial charge in [0.25, 0.3) is 0 Å². The number of aliphatic hydroxyl groups is 1. The number of fused-ring (bicyclic) bond motifs is 2. The van der Waals surface area contributed by atoms with Gasteiger partial charge in [-0.1, -0.05) is 13.8 Å². The molecule has 2 heterocycles. The van der Waals surface area contributed by atoms with Crippen LogP contribution in [0.4, 0.5) is 0 Å². The molecular weight excluding hydrogens is 240 g/mol. The van der Waals surface area contributed by atoms with Crippen molar-refractivity contribution in [1.82, 2.24) is 4.90 Å². The normalized spacial score (nSPS) is 33.5. The molecule has 0 aliphatic carbocycles. The lowest BCUT2D eigenvalue weighted by molar-refractivity contribution is -0.139. The molecule has 0 aromatic carbocycles. The van der Waals surface area contributed by atoms with Gasteiger partial charge in [0, 0.05) is 12.1 Å².